The van der Waals surface area contributed by atoms with Gasteiger partial charge in [-0.15, -0.1) is 0 Å². The zero-order chi connectivity index (χ0) is 13.4. The Hall–Kier alpha value is -0.720. The normalized spacial score (nSPS) is 12.9. The molecule has 0 aliphatic carbocycles. The fraction of sp³-hybridized carbons (Fsp3) is 0.400. The van der Waals surface area contributed by atoms with Gasteiger partial charge in [-0.2, -0.15) is 26.3 Å². The molecule has 0 amide bonds. The van der Waals surface area contributed by atoms with Crippen LogP contribution in [0.1, 0.15) is 22.3 Å². The number of rotatable bonds is 1. The molecule has 0 bridgehead atoms. The summed E-state index contributed by atoms with van der Waals surface area (Å²) in [6, 6.07) is 1.50. The highest BCUT2D eigenvalue weighted by atomic mass is 79.9. The van der Waals surface area contributed by atoms with Crippen molar-refractivity contribution in [3.8, 4) is 0 Å². The molecule has 0 N–H and O–H groups in total. The van der Waals surface area contributed by atoms with E-state index >= 15 is 0 Å². The summed E-state index contributed by atoms with van der Waals surface area (Å²) < 4.78 is 75.6. The average Bonchev–Trinajstić information content (AvgIpc) is 2.13. The second kappa shape index (κ2) is 4.51. The van der Waals surface area contributed by atoms with Gasteiger partial charge in [-0.1, -0.05) is 22.0 Å². The zero-order valence-corrected chi connectivity index (χ0v) is 10.1. The van der Waals surface area contributed by atoms with Gasteiger partial charge in [0, 0.05) is 5.33 Å². The van der Waals surface area contributed by atoms with Gasteiger partial charge in [-0.05, 0) is 24.1 Å². The van der Waals surface area contributed by atoms with Crippen LogP contribution in [0.4, 0.5) is 26.3 Å². The van der Waals surface area contributed by atoms with E-state index in [1.54, 1.807) is 0 Å². The predicted molar refractivity (Wildman–Crippen MR) is 53.8 cm³/mol. The van der Waals surface area contributed by atoms with E-state index < -0.39 is 23.5 Å². The van der Waals surface area contributed by atoms with Gasteiger partial charge < -0.3 is 0 Å². The lowest BCUT2D eigenvalue weighted by atomic mass is 9.97. The highest BCUT2D eigenvalue weighted by Gasteiger charge is 2.44. The Bertz CT molecular complexity index is 418. The summed E-state index contributed by atoms with van der Waals surface area (Å²) in [6.45, 7) is 1.34. The van der Waals surface area contributed by atoms with Crippen molar-refractivity contribution in [1.29, 1.82) is 0 Å². The average molecular weight is 321 g/mol. The van der Waals surface area contributed by atoms with Crippen molar-refractivity contribution in [2.45, 2.75) is 24.6 Å². The van der Waals surface area contributed by atoms with Crippen LogP contribution < -0.4 is 0 Å². The minimum absolute atomic E-state index is 0.169. The van der Waals surface area contributed by atoms with Crippen molar-refractivity contribution < 1.29 is 26.3 Å². The molecule has 1 aromatic carbocycles. The summed E-state index contributed by atoms with van der Waals surface area (Å²) in [6.07, 6.45) is -10.0. The molecular weight excluding hydrogens is 314 g/mol. The molecule has 1 rings (SSSR count). The first kappa shape index (κ1) is 14.3. The van der Waals surface area contributed by atoms with Crippen molar-refractivity contribution >= 4 is 15.9 Å². The Balaban J connectivity index is 3.64. The number of hydrogen-bond acceptors (Lipinski definition) is 0. The molecule has 96 valence electrons. The molecule has 0 spiro atoms. The van der Waals surface area contributed by atoms with Crippen LogP contribution in [0.5, 0.6) is 0 Å². The van der Waals surface area contributed by atoms with E-state index in [4.69, 9.17) is 0 Å². The molecule has 0 aliphatic heterocycles. The number of aryl methyl sites for hydroxylation is 1. The van der Waals surface area contributed by atoms with Gasteiger partial charge >= 0.3 is 12.4 Å². The van der Waals surface area contributed by atoms with Crippen LogP contribution in [-0.2, 0) is 17.7 Å². The molecule has 0 atom stereocenters. The Kier molecular flexibility index (Phi) is 3.81. The highest BCUT2D eigenvalue weighted by molar-refractivity contribution is 9.08. The lowest BCUT2D eigenvalue weighted by Crippen LogP contribution is -2.19. The molecular formula is C10H7BrF6. The maximum atomic E-state index is 12.7. The van der Waals surface area contributed by atoms with Crippen molar-refractivity contribution in [3.63, 3.8) is 0 Å². The number of alkyl halides is 7. The molecule has 0 heterocycles. The van der Waals surface area contributed by atoms with Crippen LogP contribution in [0.25, 0.3) is 0 Å². The molecule has 1 aromatic rings. The molecule has 17 heavy (non-hydrogen) atoms. The van der Waals surface area contributed by atoms with Crippen molar-refractivity contribution in [1.82, 2.24) is 0 Å². The van der Waals surface area contributed by atoms with Gasteiger partial charge in [0.1, 0.15) is 0 Å². The SMILES string of the molecule is Cc1ccc(C(F)(F)F)c(C(F)(F)F)c1CBr. The molecule has 7 heteroatoms. The first-order chi connectivity index (χ1) is 7.59. The van der Waals surface area contributed by atoms with Gasteiger partial charge in [0.2, 0.25) is 0 Å². The monoisotopic (exact) mass is 320 g/mol. The third-order valence-electron chi connectivity index (χ3n) is 2.27. The molecule has 0 saturated carbocycles. The standard InChI is InChI=1S/C10H7BrF6/c1-5-2-3-7(9(12,13)14)8(6(5)4-11)10(15,16)17/h2-3H,4H2,1H3. The third-order valence-corrected chi connectivity index (χ3v) is 2.83. The van der Waals surface area contributed by atoms with Crippen molar-refractivity contribution in [3.05, 3.63) is 34.4 Å². The Morgan fingerprint density at radius 3 is 1.88 bits per heavy atom. The predicted octanol–water partition coefficient (Wildman–Crippen LogP) is 4.93. The van der Waals surface area contributed by atoms with Crippen molar-refractivity contribution in [2.75, 3.05) is 0 Å². The summed E-state index contributed by atoms with van der Waals surface area (Å²) in [5.41, 5.74) is -3.47. The molecule has 0 aromatic heterocycles. The van der Waals surface area contributed by atoms with Gasteiger partial charge in [0.25, 0.3) is 0 Å². The van der Waals surface area contributed by atoms with E-state index in [2.05, 4.69) is 15.9 Å². The van der Waals surface area contributed by atoms with Crippen molar-refractivity contribution in [2.24, 2.45) is 0 Å². The molecule has 0 unspecified atom stereocenters. The van der Waals surface area contributed by atoms with Gasteiger partial charge in [0.15, 0.2) is 0 Å². The first-order valence-corrected chi connectivity index (χ1v) is 5.54. The topological polar surface area (TPSA) is 0 Å². The van der Waals surface area contributed by atoms with E-state index in [1.165, 1.54) is 6.92 Å². The van der Waals surface area contributed by atoms with Crippen LogP contribution in [0.2, 0.25) is 0 Å². The summed E-state index contributed by atoms with van der Waals surface area (Å²) in [7, 11) is 0. The number of hydrogen-bond donors (Lipinski definition) is 0. The zero-order valence-electron chi connectivity index (χ0n) is 8.51. The summed E-state index contributed by atoms with van der Waals surface area (Å²) in [4.78, 5) is 0. The maximum absolute atomic E-state index is 12.7. The molecule has 0 saturated heterocycles. The van der Waals surface area contributed by atoms with E-state index in [1.807, 2.05) is 0 Å². The van der Waals surface area contributed by atoms with E-state index in [-0.39, 0.29) is 16.5 Å². The van der Waals surface area contributed by atoms with E-state index in [0.29, 0.717) is 6.07 Å². The molecule has 0 fully saturated rings. The molecule has 0 aliphatic rings. The minimum atomic E-state index is -5.03. The quantitative estimate of drug-likeness (QED) is 0.508. The lowest BCUT2D eigenvalue weighted by Gasteiger charge is -2.19. The smallest absolute Gasteiger partial charge is 0.166 e. The highest BCUT2D eigenvalue weighted by Crippen LogP contribution is 2.43. The minimum Gasteiger partial charge on any atom is -0.166 e. The fourth-order valence-electron chi connectivity index (χ4n) is 1.48. The van der Waals surface area contributed by atoms with Gasteiger partial charge in [-0.3, -0.25) is 0 Å². The fourth-order valence-corrected chi connectivity index (χ4v) is 2.21. The third kappa shape index (κ3) is 2.94. The Labute approximate surface area is 102 Å². The second-order valence-electron chi connectivity index (χ2n) is 3.41. The summed E-state index contributed by atoms with van der Waals surface area (Å²) >= 11 is 2.79. The summed E-state index contributed by atoms with van der Waals surface area (Å²) in [5.74, 6) is 0. The second-order valence-corrected chi connectivity index (χ2v) is 3.97. The number of halogens is 7. The van der Waals surface area contributed by atoms with Gasteiger partial charge in [-0.25, -0.2) is 0 Å². The van der Waals surface area contributed by atoms with Crippen LogP contribution >= 0.6 is 15.9 Å². The maximum Gasteiger partial charge on any atom is 0.417 e. The van der Waals surface area contributed by atoms with Crippen LogP contribution in [0, 0.1) is 6.92 Å². The van der Waals surface area contributed by atoms with Crippen LogP contribution in [0.15, 0.2) is 12.1 Å². The molecule has 0 nitrogen and oxygen atoms in total. The van der Waals surface area contributed by atoms with Crippen LogP contribution in [0.3, 0.4) is 0 Å². The number of benzene rings is 1. The largest absolute Gasteiger partial charge is 0.417 e. The Morgan fingerprint density at radius 1 is 1.00 bits per heavy atom. The first-order valence-electron chi connectivity index (χ1n) is 4.42. The summed E-state index contributed by atoms with van der Waals surface area (Å²) in [5, 5.41) is -0.280. The lowest BCUT2D eigenvalue weighted by molar-refractivity contribution is -0.162. The van der Waals surface area contributed by atoms with Gasteiger partial charge in [0.05, 0.1) is 11.1 Å². The Morgan fingerprint density at radius 2 is 1.53 bits per heavy atom. The van der Waals surface area contributed by atoms with Crippen LogP contribution in [-0.4, -0.2) is 0 Å². The molecule has 0 radical (unpaired) electrons. The van der Waals surface area contributed by atoms with E-state index in [9.17, 15) is 26.3 Å². The van der Waals surface area contributed by atoms with E-state index in [0.717, 1.165) is 6.07 Å².